The van der Waals surface area contributed by atoms with Crippen molar-refractivity contribution in [3.05, 3.63) is 0 Å². The van der Waals surface area contributed by atoms with Gasteiger partial charge in [0.1, 0.15) is 0 Å². The van der Waals surface area contributed by atoms with Gasteiger partial charge < -0.3 is 62.8 Å². The van der Waals surface area contributed by atoms with Crippen LogP contribution in [0.3, 0.4) is 0 Å². The number of unbranched alkanes of at least 4 members (excludes halogenated alkanes) is 1. The standard InChI is InChI=1S/C10H24N2O2.C9H22N2O2.C8H20N2O2.4CH4/c11-5-3-9-13-7-1-2-8-14-10-4-6-12;1-7(10)4-12-6-9(3)13-5-8(2)11;9-3-1-5-11-7-8-12-6-2-4-10;;;;/h1-12H2;7-9H,4-6,10-11H2,1-3H3;1-10H2;4*1H4. The molecular weight excluding hydrogens is 552 g/mol. The SMILES string of the molecule is C.C.C.C.CC(N)COCC(C)OCC(C)N.NCCCOCCCCOCCCN.NCCCOCCOCCCN. The molecule has 12 heteroatoms. The van der Waals surface area contributed by atoms with Crippen molar-refractivity contribution in [2.24, 2.45) is 34.4 Å². The number of hydrogen-bond acceptors (Lipinski definition) is 12. The van der Waals surface area contributed by atoms with Gasteiger partial charge in [0, 0.05) is 51.7 Å². The van der Waals surface area contributed by atoms with Crippen LogP contribution in [-0.4, -0.2) is 117 Å². The molecule has 0 spiro atoms. The molecule has 0 aliphatic heterocycles. The summed E-state index contributed by atoms with van der Waals surface area (Å²) >= 11 is 0. The maximum Gasteiger partial charge on any atom is 0.0781 e. The van der Waals surface area contributed by atoms with Crippen LogP contribution in [0, 0.1) is 0 Å². The van der Waals surface area contributed by atoms with Gasteiger partial charge in [-0.15, -0.1) is 0 Å². The third kappa shape index (κ3) is 69.6. The fourth-order valence-electron chi connectivity index (χ4n) is 2.46. The topological polar surface area (TPSA) is 212 Å². The van der Waals surface area contributed by atoms with Crippen LogP contribution in [0.5, 0.6) is 0 Å². The molecule has 272 valence electrons. The normalized spacial score (nSPS) is 11.9. The molecule has 0 aliphatic carbocycles. The first kappa shape index (κ1) is 58.1. The largest absolute Gasteiger partial charge is 0.381 e. The molecule has 0 heterocycles. The van der Waals surface area contributed by atoms with E-state index in [9.17, 15) is 0 Å². The zero-order valence-electron chi connectivity index (χ0n) is 25.5. The number of nitrogens with two attached hydrogens (primary N) is 6. The van der Waals surface area contributed by atoms with Crippen LogP contribution >= 0.6 is 0 Å². The smallest absolute Gasteiger partial charge is 0.0781 e. The monoisotopic (exact) mass is 635 g/mol. The highest BCUT2D eigenvalue weighted by Crippen LogP contribution is 1.94. The summed E-state index contributed by atoms with van der Waals surface area (Å²) in [7, 11) is 0. The Morgan fingerprint density at radius 3 is 1.00 bits per heavy atom. The van der Waals surface area contributed by atoms with E-state index in [0.29, 0.717) is 59.2 Å². The predicted octanol–water partition coefficient (Wildman–Crippen LogP) is 2.86. The van der Waals surface area contributed by atoms with E-state index < -0.39 is 0 Å². The Morgan fingerprint density at radius 2 is 0.698 bits per heavy atom. The zero-order valence-corrected chi connectivity index (χ0v) is 25.5. The Kier molecular flexibility index (Phi) is 73.0. The molecule has 0 aromatic rings. The Labute approximate surface area is 268 Å². The maximum atomic E-state index is 5.53. The van der Waals surface area contributed by atoms with Crippen LogP contribution in [0.15, 0.2) is 0 Å². The maximum absolute atomic E-state index is 5.53. The molecule has 0 bridgehead atoms. The van der Waals surface area contributed by atoms with E-state index >= 15 is 0 Å². The summed E-state index contributed by atoms with van der Waals surface area (Å²) < 4.78 is 31.8. The molecule has 0 aliphatic rings. The van der Waals surface area contributed by atoms with Crippen LogP contribution < -0.4 is 34.4 Å². The Hall–Kier alpha value is -0.480. The average molecular weight is 635 g/mol. The van der Waals surface area contributed by atoms with Crippen LogP contribution in [0.25, 0.3) is 0 Å². The molecule has 43 heavy (non-hydrogen) atoms. The minimum Gasteiger partial charge on any atom is -0.381 e. The van der Waals surface area contributed by atoms with Gasteiger partial charge in [-0.1, -0.05) is 29.7 Å². The Morgan fingerprint density at radius 1 is 0.395 bits per heavy atom. The molecule has 3 unspecified atom stereocenters. The second kappa shape index (κ2) is 54.0. The third-order valence-corrected chi connectivity index (χ3v) is 4.55. The second-order valence-electron chi connectivity index (χ2n) is 9.36. The first-order valence-electron chi connectivity index (χ1n) is 14.7. The van der Waals surface area contributed by atoms with Crippen molar-refractivity contribution in [3.8, 4) is 0 Å². The van der Waals surface area contributed by atoms with E-state index in [1.165, 1.54) is 0 Å². The van der Waals surface area contributed by atoms with Gasteiger partial charge in [0.05, 0.1) is 39.1 Å². The molecule has 0 aromatic carbocycles. The molecule has 3 atom stereocenters. The van der Waals surface area contributed by atoms with Crippen molar-refractivity contribution in [2.45, 2.75) is 107 Å². The molecular formula is C31H82N6O6. The third-order valence-electron chi connectivity index (χ3n) is 4.55. The highest BCUT2D eigenvalue weighted by Gasteiger charge is 2.04. The highest BCUT2D eigenvalue weighted by molar-refractivity contribution is 4.55. The quantitative estimate of drug-likeness (QED) is 0.0720. The van der Waals surface area contributed by atoms with Crippen LogP contribution in [0.2, 0.25) is 0 Å². The van der Waals surface area contributed by atoms with Gasteiger partial charge in [-0.25, -0.2) is 0 Å². The summed E-state index contributed by atoms with van der Waals surface area (Å²) in [6.45, 7) is 16.3. The first-order chi connectivity index (χ1) is 18.8. The molecule has 0 aromatic heterocycles. The average Bonchev–Trinajstić information content (AvgIpc) is 2.91. The van der Waals surface area contributed by atoms with E-state index in [4.69, 9.17) is 62.8 Å². The fourth-order valence-corrected chi connectivity index (χ4v) is 2.46. The molecule has 12 nitrogen and oxygen atoms in total. The molecule has 0 rings (SSSR count). The summed E-state index contributed by atoms with van der Waals surface area (Å²) in [6, 6.07) is 0.163. The number of ether oxygens (including phenoxy) is 6. The molecule has 0 radical (unpaired) electrons. The van der Waals surface area contributed by atoms with Crippen molar-refractivity contribution in [1.82, 2.24) is 0 Å². The lowest BCUT2D eigenvalue weighted by Crippen LogP contribution is -2.29. The lowest BCUT2D eigenvalue weighted by atomic mass is 10.3. The van der Waals surface area contributed by atoms with Crippen LogP contribution in [0.1, 0.15) is 89.0 Å². The summed E-state index contributed by atoms with van der Waals surface area (Å²) in [6.07, 6.45) is 5.95. The van der Waals surface area contributed by atoms with Gasteiger partial charge in [0.25, 0.3) is 0 Å². The lowest BCUT2D eigenvalue weighted by Gasteiger charge is -2.15. The zero-order chi connectivity index (χ0) is 29.8. The van der Waals surface area contributed by atoms with E-state index in [1.807, 2.05) is 20.8 Å². The Balaban J connectivity index is -0.0000000866. The van der Waals surface area contributed by atoms with Crippen molar-refractivity contribution in [2.75, 3.05) is 98.9 Å². The van der Waals surface area contributed by atoms with Gasteiger partial charge >= 0.3 is 0 Å². The molecule has 0 saturated heterocycles. The number of rotatable bonds is 27. The predicted molar refractivity (Wildman–Crippen MR) is 188 cm³/mol. The van der Waals surface area contributed by atoms with Gasteiger partial charge in [0.2, 0.25) is 0 Å². The summed E-state index contributed by atoms with van der Waals surface area (Å²) in [4.78, 5) is 0. The number of hydrogen-bond donors (Lipinski definition) is 6. The van der Waals surface area contributed by atoms with Gasteiger partial charge in [-0.05, 0) is 85.5 Å². The van der Waals surface area contributed by atoms with E-state index in [1.54, 1.807) is 0 Å². The van der Waals surface area contributed by atoms with Gasteiger partial charge in [-0.2, -0.15) is 0 Å². The molecule has 0 amide bonds. The van der Waals surface area contributed by atoms with Crippen molar-refractivity contribution in [3.63, 3.8) is 0 Å². The van der Waals surface area contributed by atoms with Gasteiger partial charge in [0.15, 0.2) is 0 Å². The minimum atomic E-state index is 0. The minimum absolute atomic E-state index is 0. The summed E-state index contributed by atoms with van der Waals surface area (Å²) in [5.41, 5.74) is 32.3. The van der Waals surface area contributed by atoms with Crippen LogP contribution in [-0.2, 0) is 28.4 Å². The van der Waals surface area contributed by atoms with Crippen molar-refractivity contribution >= 4 is 0 Å². The summed E-state index contributed by atoms with van der Waals surface area (Å²) in [5.74, 6) is 0. The van der Waals surface area contributed by atoms with E-state index in [0.717, 1.165) is 78.2 Å². The van der Waals surface area contributed by atoms with E-state index in [-0.39, 0.29) is 47.9 Å². The van der Waals surface area contributed by atoms with Crippen molar-refractivity contribution < 1.29 is 28.4 Å². The fraction of sp³-hybridized carbons (Fsp3) is 1.00. The van der Waals surface area contributed by atoms with Crippen molar-refractivity contribution in [1.29, 1.82) is 0 Å². The molecule has 12 N–H and O–H groups in total. The van der Waals surface area contributed by atoms with E-state index in [2.05, 4.69) is 0 Å². The highest BCUT2D eigenvalue weighted by atomic mass is 16.5. The first-order valence-corrected chi connectivity index (χ1v) is 14.7. The lowest BCUT2D eigenvalue weighted by molar-refractivity contribution is -0.0121. The summed E-state index contributed by atoms with van der Waals surface area (Å²) in [5, 5.41) is 0. The van der Waals surface area contributed by atoms with Gasteiger partial charge in [-0.3, -0.25) is 0 Å². The Bertz CT molecular complexity index is 395. The molecule has 0 saturated carbocycles. The molecule has 0 fully saturated rings. The second-order valence-corrected chi connectivity index (χ2v) is 9.36. The van der Waals surface area contributed by atoms with Crippen LogP contribution in [0.4, 0.5) is 0 Å².